The fourth-order valence-corrected chi connectivity index (χ4v) is 0.250. The molecule has 0 radical (unpaired) electrons. The largest absolute Gasteiger partial charge is 3.00 e. The molecule has 0 aromatic heterocycles. The summed E-state index contributed by atoms with van der Waals surface area (Å²) in [4.78, 5) is 10.2. The summed E-state index contributed by atoms with van der Waals surface area (Å²) in [5.41, 5.74) is -0.430. The van der Waals surface area contributed by atoms with Crippen molar-refractivity contribution in [3.63, 3.8) is 0 Å². The molecule has 0 fully saturated rings. The first-order chi connectivity index (χ1) is 4.21. The zero-order valence-electron chi connectivity index (χ0n) is 9.53. The molecule has 2 nitrogen and oxygen atoms in total. The van der Waals surface area contributed by atoms with Gasteiger partial charge in [-0.15, -0.1) is 0 Å². The van der Waals surface area contributed by atoms with E-state index in [1.807, 2.05) is 41.5 Å². The van der Waals surface area contributed by atoms with Crippen LogP contribution >= 0.6 is 0 Å². The van der Waals surface area contributed by atoms with E-state index in [0.717, 1.165) is 0 Å². The quantitative estimate of drug-likeness (QED) is 0.270. The Morgan fingerprint density at radius 2 is 0.714 bits per heavy atom. The minimum absolute atomic E-state index is 0. The minimum Gasteiger partial charge on any atom is -1.00 e. The van der Waals surface area contributed by atoms with Crippen molar-refractivity contribution in [1.29, 1.82) is 0 Å². The van der Waals surface area contributed by atoms with Gasteiger partial charge in [0.25, 0.3) is 0 Å². The van der Waals surface area contributed by atoms with Crippen molar-refractivity contribution in [2.45, 2.75) is 52.7 Å². The predicted octanol–water partition coefficient (Wildman–Crippen LogP) is -6.84. The maximum Gasteiger partial charge on any atom is 3.00 e. The molecule has 0 bridgehead atoms. The van der Waals surface area contributed by atoms with E-state index < -0.39 is 0 Å². The molecule has 0 atom stereocenters. The Morgan fingerprint density at radius 1 is 0.571 bits per heavy atom. The van der Waals surface area contributed by atoms with Gasteiger partial charge in [0.05, 0.1) is 11.2 Å². The molecule has 0 aliphatic carbocycles. The van der Waals surface area contributed by atoms with Crippen LogP contribution in [-0.4, -0.2) is 28.6 Å². The summed E-state index contributed by atoms with van der Waals surface area (Å²) in [6, 6.07) is 0. The van der Waals surface area contributed by atoms with Gasteiger partial charge in [0, 0.05) is 0 Å². The maximum absolute atomic E-state index is 5.09. The van der Waals surface area contributed by atoms with Gasteiger partial charge in [0.1, 0.15) is 0 Å². The van der Waals surface area contributed by atoms with E-state index in [1.165, 1.54) is 0 Å². The average molecular weight is 280 g/mol. The minimum atomic E-state index is -0.215. The molecule has 0 saturated carbocycles. The summed E-state index contributed by atoms with van der Waals surface area (Å²) in [6.07, 6.45) is 0. The van der Waals surface area contributed by atoms with Crippen molar-refractivity contribution in [3.8, 4) is 0 Å². The normalized spacial score (nSPS) is 9.86. The molecule has 0 rings (SSSR count). The Labute approximate surface area is 117 Å². The van der Waals surface area contributed by atoms with Crippen molar-refractivity contribution in [2.75, 3.05) is 0 Å². The topological polar surface area (TPSA) is 18.5 Å². The van der Waals surface area contributed by atoms with Crippen molar-refractivity contribution in [3.05, 3.63) is 0 Å². The Kier molecular flexibility index (Phi) is 22.8. The van der Waals surface area contributed by atoms with E-state index in [-0.39, 0.29) is 65.8 Å². The van der Waals surface area contributed by atoms with Gasteiger partial charge in [-0.05, 0) is 41.5 Å². The summed E-state index contributed by atoms with van der Waals surface area (Å²) in [7, 11) is 0. The molecule has 6 heteroatoms. The molecule has 0 heterocycles. The molecule has 0 spiro atoms. The molecule has 0 amide bonds. The Balaban J connectivity index is -0.0000000675. The number of hydrogen-bond donors (Lipinski definition) is 0. The molecule has 0 saturated heterocycles. The van der Waals surface area contributed by atoms with Crippen LogP contribution in [0.15, 0.2) is 0 Å². The van der Waals surface area contributed by atoms with E-state index in [1.54, 1.807) is 0 Å². The predicted molar refractivity (Wildman–Crippen MR) is 47.4 cm³/mol. The standard InChI is InChI=1S/C8H18O2.Al.3ClH/c1-7(2,3)9-10-8(4,5)6;;;;/h1-6H3;;3*1H/q;+3;;;/p-3. The molecular formula is C8H18AlCl3O2. The maximum atomic E-state index is 5.09. The van der Waals surface area contributed by atoms with Gasteiger partial charge in [-0.1, -0.05) is 0 Å². The molecule has 86 valence electrons. The molecule has 0 unspecified atom stereocenters. The fourth-order valence-electron chi connectivity index (χ4n) is 0.250. The Morgan fingerprint density at radius 3 is 0.786 bits per heavy atom. The second-order valence-electron chi connectivity index (χ2n) is 4.39. The first-order valence-electron chi connectivity index (χ1n) is 3.57. The molecule has 0 aromatic rings. The molecular weight excluding hydrogens is 261 g/mol. The Bertz CT molecular complexity index is 96.1. The molecule has 0 N–H and O–H groups in total. The molecule has 14 heavy (non-hydrogen) atoms. The first-order valence-corrected chi connectivity index (χ1v) is 3.57. The molecule has 0 aromatic carbocycles. The zero-order valence-corrected chi connectivity index (χ0v) is 13.0. The second kappa shape index (κ2) is 10.8. The third kappa shape index (κ3) is 29.2. The molecule has 0 aliphatic heterocycles. The van der Waals surface area contributed by atoms with Crippen LogP contribution in [-0.2, 0) is 9.78 Å². The van der Waals surface area contributed by atoms with E-state index in [2.05, 4.69) is 0 Å². The number of hydrogen-bond acceptors (Lipinski definition) is 2. The zero-order chi connectivity index (χ0) is 8.41. The van der Waals surface area contributed by atoms with Crippen LogP contribution in [0.25, 0.3) is 0 Å². The van der Waals surface area contributed by atoms with E-state index in [4.69, 9.17) is 9.78 Å². The van der Waals surface area contributed by atoms with E-state index >= 15 is 0 Å². The monoisotopic (exact) mass is 278 g/mol. The van der Waals surface area contributed by atoms with Gasteiger partial charge in [0.15, 0.2) is 0 Å². The smallest absolute Gasteiger partial charge is 1.00 e. The van der Waals surface area contributed by atoms with Gasteiger partial charge in [-0.3, -0.25) is 0 Å². The van der Waals surface area contributed by atoms with E-state index in [0.29, 0.717) is 0 Å². The summed E-state index contributed by atoms with van der Waals surface area (Å²) >= 11 is 0. The summed E-state index contributed by atoms with van der Waals surface area (Å²) in [5.74, 6) is 0. The van der Waals surface area contributed by atoms with Gasteiger partial charge in [-0.2, -0.15) is 0 Å². The first kappa shape index (κ1) is 29.5. The van der Waals surface area contributed by atoms with E-state index in [9.17, 15) is 0 Å². The van der Waals surface area contributed by atoms with Crippen LogP contribution in [0.3, 0.4) is 0 Å². The summed E-state index contributed by atoms with van der Waals surface area (Å²) < 4.78 is 0. The summed E-state index contributed by atoms with van der Waals surface area (Å²) in [6.45, 7) is 11.7. The second-order valence-corrected chi connectivity index (χ2v) is 4.39. The van der Waals surface area contributed by atoms with Crippen molar-refractivity contribution in [1.82, 2.24) is 0 Å². The van der Waals surface area contributed by atoms with Crippen molar-refractivity contribution < 1.29 is 47.0 Å². The van der Waals surface area contributed by atoms with Crippen LogP contribution in [0, 0.1) is 0 Å². The van der Waals surface area contributed by atoms with Crippen LogP contribution in [0.5, 0.6) is 0 Å². The van der Waals surface area contributed by atoms with Gasteiger partial charge < -0.3 is 37.2 Å². The van der Waals surface area contributed by atoms with Gasteiger partial charge in [-0.25, -0.2) is 9.78 Å². The molecule has 0 aliphatic rings. The Hall–Kier alpha value is 1.32. The third-order valence-corrected chi connectivity index (χ3v) is 0.542. The van der Waals surface area contributed by atoms with Crippen LogP contribution in [0.4, 0.5) is 0 Å². The number of halogens is 3. The van der Waals surface area contributed by atoms with Crippen LogP contribution in [0.2, 0.25) is 0 Å². The van der Waals surface area contributed by atoms with Crippen LogP contribution < -0.4 is 37.2 Å². The third-order valence-electron chi connectivity index (χ3n) is 0.542. The van der Waals surface area contributed by atoms with Gasteiger partial charge >= 0.3 is 17.4 Å². The average Bonchev–Trinajstić information content (AvgIpc) is 1.57. The SMILES string of the molecule is CC(C)(C)OOC(C)(C)C.[Al+3].[Cl-].[Cl-].[Cl-]. The van der Waals surface area contributed by atoms with Gasteiger partial charge in [0.2, 0.25) is 0 Å². The van der Waals surface area contributed by atoms with Crippen molar-refractivity contribution >= 4 is 17.4 Å². The fraction of sp³-hybridized carbons (Fsp3) is 1.00. The number of rotatable bonds is 1. The van der Waals surface area contributed by atoms with Crippen molar-refractivity contribution in [2.24, 2.45) is 0 Å². The summed E-state index contributed by atoms with van der Waals surface area (Å²) in [5, 5.41) is 0. The van der Waals surface area contributed by atoms with Crippen LogP contribution in [0.1, 0.15) is 41.5 Å².